The number of aryl methyl sites for hydroxylation is 1. The molecular weight excluding hydrogens is 272 g/mol. The maximum atomic E-state index is 10.3. The molecule has 0 aliphatic heterocycles. The molecule has 1 heterocycles. The molecule has 1 unspecified atom stereocenters. The van der Waals surface area contributed by atoms with Gasteiger partial charge in [0.25, 0.3) is 0 Å². The fourth-order valence-corrected chi connectivity index (χ4v) is 2.00. The first kappa shape index (κ1) is 15.3. The van der Waals surface area contributed by atoms with Crippen LogP contribution in [0.15, 0.2) is 24.5 Å². The van der Waals surface area contributed by atoms with Gasteiger partial charge in [0.05, 0.1) is 26.9 Å². The fourth-order valence-electron chi connectivity index (χ4n) is 2.00. The zero-order valence-corrected chi connectivity index (χ0v) is 12.4. The quantitative estimate of drug-likeness (QED) is 0.780. The third-order valence-electron chi connectivity index (χ3n) is 3.06. The van der Waals surface area contributed by atoms with Crippen LogP contribution < -0.4 is 14.8 Å². The van der Waals surface area contributed by atoms with Crippen LogP contribution in [0, 0.1) is 0 Å². The van der Waals surface area contributed by atoms with Crippen molar-refractivity contribution in [3.63, 3.8) is 0 Å². The second-order valence-electron chi connectivity index (χ2n) is 4.59. The number of aromatic nitrogens is 3. The first-order chi connectivity index (χ1) is 10.1. The van der Waals surface area contributed by atoms with Gasteiger partial charge in [0.15, 0.2) is 5.82 Å². The molecule has 0 saturated carbocycles. The molecule has 1 aromatic heterocycles. The summed E-state index contributed by atoms with van der Waals surface area (Å²) in [5, 5.41) is 17.6. The Balaban J connectivity index is 1.97. The standard InChI is InChI=1S/C14H20N4O3/c1-18-9-16-14(17-18)8-15-7-12(19)11-6-10(20-2)4-5-13(11)21-3/h4-6,9,12,15,19H,7-8H2,1-3H3. The number of nitrogens with one attached hydrogen (secondary N) is 1. The van der Waals surface area contributed by atoms with Gasteiger partial charge >= 0.3 is 0 Å². The first-order valence-corrected chi connectivity index (χ1v) is 6.59. The van der Waals surface area contributed by atoms with Crippen molar-refractivity contribution in [1.29, 1.82) is 0 Å². The van der Waals surface area contributed by atoms with Gasteiger partial charge in [-0.1, -0.05) is 0 Å². The molecule has 21 heavy (non-hydrogen) atoms. The molecule has 0 bridgehead atoms. The minimum atomic E-state index is -0.709. The van der Waals surface area contributed by atoms with Gasteiger partial charge in [-0.25, -0.2) is 4.98 Å². The third kappa shape index (κ3) is 3.93. The van der Waals surface area contributed by atoms with E-state index in [2.05, 4.69) is 15.4 Å². The molecular formula is C14H20N4O3. The molecule has 2 N–H and O–H groups in total. The van der Waals surface area contributed by atoms with E-state index in [1.807, 2.05) is 7.05 Å². The van der Waals surface area contributed by atoms with E-state index in [1.165, 1.54) is 0 Å². The summed E-state index contributed by atoms with van der Waals surface area (Å²) < 4.78 is 12.1. The average molecular weight is 292 g/mol. The molecule has 0 spiro atoms. The van der Waals surface area contributed by atoms with Gasteiger partial charge in [-0.15, -0.1) is 0 Å². The summed E-state index contributed by atoms with van der Waals surface area (Å²) in [4.78, 5) is 4.11. The number of ether oxygens (including phenoxy) is 2. The van der Waals surface area contributed by atoms with E-state index >= 15 is 0 Å². The summed E-state index contributed by atoms with van der Waals surface area (Å²) >= 11 is 0. The summed E-state index contributed by atoms with van der Waals surface area (Å²) in [6.45, 7) is 0.853. The maximum absolute atomic E-state index is 10.3. The highest BCUT2D eigenvalue weighted by molar-refractivity contribution is 5.41. The summed E-state index contributed by atoms with van der Waals surface area (Å²) in [6.07, 6.45) is 0.928. The minimum Gasteiger partial charge on any atom is -0.497 e. The monoisotopic (exact) mass is 292 g/mol. The lowest BCUT2D eigenvalue weighted by molar-refractivity contribution is 0.169. The zero-order chi connectivity index (χ0) is 15.2. The van der Waals surface area contributed by atoms with Crippen LogP contribution in [0.5, 0.6) is 11.5 Å². The lowest BCUT2D eigenvalue weighted by Crippen LogP contribution is -2.22. The third-order valence-corrected chi connectivity index (χ3v) is 3.06. The van der Waals surface area contributed by atoms with Crippen molar-refractivity contribution in [2.24, 2.45) is 7.05 Å². The molecule has 7 nitrogen and oxygen atoms in total. The Bertz CT molecular complexity index is 585. The molecule has 0 amide bonds. The lowest BCUT2D eigenvalue weighted by Gasteiger charge is -2.16. The highest BCUT2D eigenvalue weighted by Gasteiger charge is 2.14. The largest absolute Gasteiger partial charge is 0.497 e. The lowest BCUT2D eigenvalue weighted by atomic mass is 10.1. The molecule has 0 aliphatic carbocycles. The van der Waals surface area contributed by atoms with Gasteiger partial charge in [0.2, 0.25) is 0 Å². The van der Waals surface area contributed by atoms with Gasteiger partial charge in [0.1, 0.15) is 17.8 Å². The van der Waals surface area contributed by atoms with E-state index in [0.29, 0.717) is 36.0 Å². The van der Waals surface area contributed by atoms with E-state index in [9.17, 15) is 5.11 Å². The number of nitrogens with zero attached hydrogens (tertiary/aromatic N) is 3. The van der Waals surface area contributed by atoms with E-state index in [0.717, 1.165) is 0 Å². The maximum Gasteiger partial charge on any atom is 0.164 e. The van der Waals surface area contributed by atoms with Crippen LogP contribution in [0.3, 0.4) is 0 Å². The van der Waals surface area contributed by atoms with Crippen molar-refractivity contribution in [3.05, 3.63) is 35.9 Å². The molecule has 0 radical (unpaired) electrons. The van der Waals surface area contributed by atoms with Crippen LogP contribution >= 0.6 is 0 Å². The number of benzene rings is 1. The molecule has 7 heteroatoms. The van der Waals surface area contributed by atoms with Crippen molar-refractivity contribution in [3.8, 4) is 11.5 Å². The van der Waals surface area contributed by atoms with Crippen LogP contribution in [0.1, 0.15) is 17.5 Å². The van der Waals surface area contributed by atoms with Crippen molar-refractivity contribution in [2.75, 3.05) is 20.8 Å². The fraction of sp³-hybridized carbons (Fsp3) is 0.429. The van der Waals surface area contributed by atoms with Crippen molar-refractivity contribution in [2.45, 2.75) is 12.6 Å². The Morgan fingerprint density at radius 2 is 2.14 bits per heavy atom. The van der Waals surface area contributed by atoms with Gasteiger partial charge in [-0.2, -0.15) is 5.10 Å². The predicted octanol–water partition coefficient (Wildman–Crippen LogP) is 0.655. The minimum absolute atomic E-state index is 0.363. The van der Waals surface area contributed by atoms with Crippen LogP contribution in [-0.4, -0.2) is 40.6 Å². The van der Waals surface area contributed by atoms with Crippen molar-refractivity contribution in [1.82, 2.24) is 20.1 Å². The van der Waals surface area contributed by atoms with E-state index in [1.54, 1.807) is 43.4 Å². The van der Waals surface area contributed by atoms with Gasteiger partial charge in [-0.3, -0.25) is 4.68 Å². The van der Waals surface area contributed by atoms with Crippen LogP contribution in [0.2, 0.25) is 0 Å². The SMILES string of the molecule is COc1ccc(OC)c(C(O)CNCc2ncn(C)n2)c1. The molecule has 0 fully saturated rings. The smallest absolute Gasteiger partial charge is 0.164 e. The summed E-state index contributed by atoms with van der Waals surface area (Å²) in [6, 6.07) is 5.34. The zero-order valence-electron chi connectivity index (χ0n) is 12.4. The number of aliphatic hydroxyl groups excluding tert-OH is 1. The average Bonchev–Trinajstić information content (AvgIpc) is 2.91. The number of hydrogen-bond donors (Lipinski definition) is 2. The van der Waals surface area contributed by atoms with Gasteiger partial charge in [-0.05, 0) is 18.2 Å². The molecule has 0 aliphatic rings. The first-order valence-electron chi connectivity index (χ1n) is 6.59. The van der Waals surface area contributed by atoms with E-state index in [4.69, 9.17) is 9.47 Å². The molecule has 1 atom stereocenters. The topological polar surface area (TPSA) is 81.4 Å². The molecule has 1 aromatic carbocycles. The molecule has 2 rings (SSSR count). The molecule has 2 aromatic rings. The highest BCUT2D eigenvalue weighted by atomic mass is 16.5. The summed E-state index contributed by atoms with van der Waals surface area (Å²) in [7, 11) is 4.97. The number of rotatable bonds is 7. The second-order valence-corrected chi connectivity index (χ2v) is 4.59. The Labute approximate surface area is 123 Å². The van der Waals surface area contributed by atoms with Crippen molar-refractivity contribution >= 4 is 0 Å². The summed E-state index contributed by atoms with van der Waals surface area (Å²) in [5.41, 5.74) is 0.679. The number of methoxy groups -OCH3 is 2. The number of hydrogen-bond acceptors (Lipinski definition) is 6. The second kappa shape index (κ2) is 7.05. The molecule has 114 valence electrons. The Morgan fingerprint density at radius 1 is 1.33 bits per heavy atom. The van der Waals surface area contributed by atoms with Crippen LogP contribution in [0.25, 0.3) is 0 Å². The van der Waals surface area contributed by atoms with Gasteiger partial charge < -0.3 is 19.9 Å². The Kier molecular flexibility index (Phi) is 5.13. The van der Waals surface area contributed by atoms with Crippen LogP contribution in [0.4, 0.5) is 0 Å². The summed E-state index contributed by atoms with van der Waals surface area (Å²) in [5.74, 6) is 1.99. The van der Waals surface area contributed by atoms with Gasteiger partial charge in [0, 0.05) is 19.2 Å². The van der Waals surface area contributed by atoms with Crippen molar-refractivity contribution < 1.29 is 14.6 Å². The van der Waals surface area contributed by atoms with Crippen LogP contribution in [-0.2, 0) is 13.6 Å². The Morgan fingerprint density at radius 3 is 2.76 bits per heavy atom. The predicted molar refractivity (Wildman–Crippen MR) is 77.2 cm³/mol. The normalized spacial score (nSPS) is 12.2. The van der Waals surface area contributed by atoms with E-state index < -0.39 is 6.10 Å². The molecule has 0 saturated heterocycles. The Hall–Kier alpha value is -2.12. The van der Waals surface area contributed by atoms with E-state index in [-0.39, 0.29) is 0 Å². The number of aliphatic hydroxyl groups is 1. The highest BCUT2D eigenvalue weighted by Crippen LogP contribution is 2.29.